The summed E-state index contributed by atoms with van der Waals surface area (Å²) in [6.07, 6.45) is 0.904. The first-order valence-electron chi connectivity index (χ1n) is 7.21. The van der Waals surface area contributed by atoms with Crippen LogP contribution in [0.2, 0.25) is 0 Å². The number of hydrogen-bond acceptors (Lipinski definition) is 6. The third-order valence-corrected chi connectivity index (χ3v) is 3.09. The van der Waals surface area contributed by atoms with Crippen LogP contribution >= 0.6 is 0 Å². The van der Waals surface area contributed by atoms with Crippen molar-refractivity contribution in [1.82, 2.24) is 5.32 Å². The number of methoxy groups -OCH3 is 1. The molecule has 0 bridgehead atoms. The number of fused-ring (bicyclic) bond motifs is 1. The van der Waals surface area contributed by atoms with Gasteiger partial charge in [-0.3, -0.25) is 0 Å². The smallest absolute Gasteiger partial charge is 0.203 e. The van der Waals surface area contributed by atoms with E-state index in [0.717, 1.165) is 30.8 Å². The number of benzene rings is 1. The van der Waals surface area contributed by atoms with Crippen LogP contribution in [-0.2, 0) is 11.3 Å². The number of nitrogens with one attached hydrogen (secondary N) is 1. The minimum absolute atomic E-state index is 0.0738. The lowest BCUT2D eigenvalue weighted by Crippen LogP contribution is -2.19. The fourth-order valence-electron chi connectivity index (χ4n) is 2.13. The molecule has 2 rings (SSSR count). The van der Waals surface area contributed by atoms with Crippen molar-refractivity contribution in [1.29, 1.82) is 0 Å². The van der Waals surface area contributed by atoms with Gasteiger partial charge in [0, 0.05) is 13.2 Å². The summed E-state index contributed by atoms with van der Waals surface area (Å²) in [5.74, 6) is 2.13. The SMILES string of the molecule is COc1cc(CNCCCOCCO)cc2c1OCCO2. The van der Waals surface area contributed by atoms with E-state index in [1.54, 1.807) is 7.11 Å². The average Bonchev–Trinajstić information content (AvgIpc) is 2.53. The molecule has 2 N–H and O–H groups in total. The molecule has 0 aromatic heterocycles. The highest BCUT2D eigenvalue weighted by molar-refractivity contribution is 5.54. The van der Waals surface area contributed by atoms with Crippen LogP contribution < -0.4 is 19.5 Å². The maximum Gasteiger partial charge on any atom is 0.203 e. The predicted octanol–water partition coefficient (Wildman–Crippen LogP) is 0.955. The molecule has 1 aliphatic heterocycles. The van der Waals surface area contributed by atoms with Gasteiger partial charge >= 0.3 is 0 Å². The largest absolute Gasteiger partial charge is 0.493 e. The van der Waals surface area contributed by atoms with E-state index in [-0.39, 0.29) is 6.61 Å². The van der Waals surface area contributed by atoms with Gasteiger partial charge in [0.25, 0.3) is 0 Å². The summed E-state index contributed by atoms with van der Waals surface area (Å²) in [6.45, 7) is 3.82. The zero-order valence-corrected chi connectivity index (χ0v) is 12.4. The van der Waals surface area contributed by atoms with Crippen molar-refractivity contribution >= 4 is 0 Å². The first-order chi connectivity index (χ1) is 10.3. The Morgan fingerprint density at radius 1 is 1.24 bits per heavy atom. The van der Waals surface area contributed by atoms with E-state index in [9.17, 15) is 0 Å². The molecule has 0 fully saturated rings. The van der Waals surface area contributed by atoms with E-state index >= 15 is 0 Å². The Labute approximate surface area is 125 Å². The quantitative estimate of drug-likeness (QED) is 0.662. The molecular formula is C15H23NO5. The molecule has 1 aromatic rings. The van der Waals surface area contributed by atoms with Crippen molar-refractivity contribution in [3.05, 3.63) is 17.7 Å². The number of ether oxygens (including phenoxy) is 4. The highest BCUT2D eigenvalue weighted by Gasteiger charge is 2.18. The molecule has 0 unspecified atom stereocenters. The maximum atomic E-state index is 8.59. The first-order valence-corrected chi connectivity index (χ1v) is 7.21. The predicted molar refractivity (Wildman–Crippen MR) is 78.2 cm³/mol. The fourth-order valence-corrected chi connectivity index (χ4v) is 2.13. The van der Waals surface area contributed by atoms with E-state index in [2.05, 4.69) is 5.32 Å². The Kier molecular flexibility index (Phi) is 6.59. The molecule has 0 atom stereocenters. The van der Waals surface area contributed by atoms with Gasteiger partial charge < -0.3 is 29.4 Å². The van der Waals surface area contributed by atoms with E-state index < -0.39 is 0 Å². The molecule has 0 saturated heterocycles. The van der Waals surface area contributed by atoms with Crippen LogP contribution in [0, 0.1) is 0 Å². The summed E-state index contributed by atoms with van der Waals surface area (Å²) in [5.41, 5.74) is 1.09. The van der Waals surface area contributed by atoms with Crippen molar-refractivity contribution in [2.75, 3.05) is 46.7 Å². The zero-order chi connectivity index (χ0) is 14.9. The summed E-state index contributed by atoms with van der Waals surface area (Å²) in [6, 6.07) is 3.94. The molecule has 118 valence electrons. The minimum atomic E-state index is 0.0738. The van der Waals surface area contributed by atoms with E-state index in [1.165, 1.54) is 0 Å². The van der Waals surface area contributed by atoms with Gasteiger partial charge in [-0.15, -0.1) is 0 Å². The Bertz CT molecular complexity index is 421. The van der Waals surface area contributed by atoms with Crippen molar-refractivity contribution in [2.24, 2.45) is 0 Å². The van der Waals surface area contributed by atoms with Crippen LogP contribution in [0.5, 0.6) is 17.2 Å². The van der Waals surface area contributed by atoms with Gasteiger partial charge in [0.15, 0.2) is 11.5 Å². The lowest BCUT2D eigenvalue weighted by molar-refractivity contribution is 0.0907. The molecule has 0 saturated carbocycles. The number of hydrogen-bond donors (Lipinski definition) is 2. The van der Waals surface area contributed by atoms with Crippen LogP contribution in [0.25, 0.3) is 0 Å². The molecule has 21 heavy (non-hydrogen) atoms. The fraction of sp³-hybridized carbons (Fsp3) is 0.600. The summed E-state index contributed by atoms with van der Waals surface area (Å²) >= 11 is 0. The van der Waals surface area contributed by atoms with E-state index in [1.807, 2.05) is 12.1 Å². The Morgan fingerprint density at radius 2 is 2.10 bits per heavy atom. The first kappa shape index (κ1) is 15.9. The second-order valence-corrected chi connectivity index (χ2v) is 4.69. The molecule has 0 spiro atoms. The summed E-state index contributed by atoms with van der Waals surface area (Å²) in [4.78, 5) is 0. The average molecular weight is 297 g/mol. The minimum Gasteiger partial charge on any atom is -0.493 e. The second-order valence-electron chi connectivity index (χ2n) is 4.69. The monoisotopic (exact) mass is 297 g/mol. The van der Waals surface area contributed by atoms with Crippen LogP contribution in [0.3, 0.4) is 0 Å². The summed E-state index contributed by atoms with van der Waals surface area (Å²) in [5, 5.41) is 11.9. The topological polar surface area (TPSA) is 69.2 Å². The second kappa shape index (κ2) is 8.71. The van der Waals surface area contributed by atoms with Crippen molar-refractivity contribution < 1.29 is 24.1 Å². The van der Waals surface area contributed by atoms with Gasteiger partial charge in [-0.25, -0.2) is 0 Å². The lowest BCUT2D eigenvalue weighted by Gasteiger charge is -2.21. The Balaban J connectivity index is 1.80. The number of aliphatic hydroxyl groups excluding tert-OH is 1. The molecule has 1 aliphatic rings. The molecule has 0 aliphatic carbocycles. The van der Waals surface area contributed by atoms with Crippen molar-refractivity contribution in [3.63, 3.8) is 0 Å². The Morgan fingerprint density at radius 3 is 2.90 bits per heavy atom. The van der Waals surface area contributed by atoms with Crippen LogP contribution in [0.4, 0.5) is 0 Å². The summed E-state index contributed by atoms with van der Waals surface area (Å²) in [7, 11) is 1.63. The molecule has 6 heteroatoms. The van der Waals surface area contributed by atoms with Gasteiger partial charge in [0.1, 0.15) is 13.2 Å². The number of aliphatic hydroxyl groups is 1. The molecular weight excluding hydrogens is 274 g/mol. The Hall–Kier alpha value is -1.50. The number of rotatable bonds is 9. The van der Waals surface area contributed by atoms with Crippen molar-refractivity contribution in [2.45, 2.75) is 13.0 Å². The third-order valence-electron chi connectivity index (χ3n) is 3.09. The molecule has 0 radical (unpaired) electrons. The van der Waals surface area contributed by atoms with Gasteiger partial charge in [0.2, 0.25) is 5.75 Å². The van der Waals surface area contributed by atoms with Crippen LogP contribution in [-0.4, -0.2) is 51.8 Å². The van der Waals surface area contributed by atoms with Gasteiger partial charge in [-0.2, -0.15) is 0 Å². The molecule has 6 nitrogen and oxygen atoms in total. The highest BCUT2D eigenvalue weighted by atomic mass is 16.6. The third kappa shape index (κ3) is 4.77. The maximum absolute atomic E-state index is 8.59. The zero-order valence-electron chi connectivity index (χ0n) is 12.4. The standard InChI is InChI=1S/C15H23NO5/c1-18-13-9-12(10-14-15(13)21-8-7-20-14)11-16-3-2-5-19-6-4-17/h9-10,16-17H,2-8,11H2,1H3. The highest BCUT2D eigenvalue weighted by Crippen LogP contribution is 2.40. The molecule has 0 amide bonds. The molecule has 1 heterocycles. The van der Waals surface area contributed by atoms with Gasteiger partial charge in [-0.05, 0) is 30.7 Å². The molecule has 1 aromatic carbocycles. The van der Waals surface area contributed by atoms with Crippen molar-refractivity contribution in [3.8, 4) is 17.2 Å². The summed E-state index contributed by atoms with van der Waals surface area (Å²) < 4.78 is 21.7. The van der Waals surface area contributed by atoms with Crippen LogP contribution in [0.15, 0.2) is 12.1 Å². The van der Waals surface area contributed by atoms with E-state index in [4.69, 9.17) is 24.1 Å². The lowest BCUT2D eigenvalue weighted by atomic mass is 10.1. The van der Waals surface area contributed by atoms with Crippen LogP contribution in [0.1, 0.15) is 12.0 Å². The van der Waals surface area contributed by atoms with Gasteiger partial charge in [0.05, 0.1) is 20.3 Å². The van der Waals surface area contributed by atoms with Gasteiger partial charge in [-0.1, -0.05) is 0 Å². The van der Waals surface area contributed by atoms with E-state index in [0.29, 0.717) is 37.9 Å². The normalized spacial score (nSPS) is 13.2.